The Hall–Kier alpha value is -2.00. The lowest BCUT2D eigenvalue weighted by atomic mass is 10.1. The van der Waals surface area contributed by atoms with E-state index >= 15 is 0 Å². The SMILES string of the molecule is CC(C)COc1ccccc1NC(=O)Cc1ccc(Cl)cc1. The van der Waals surface area contributed by atoms with Crippen LogP contribution < -0.4 is 10.1 Å². The Balaban J connectivity index is 2.00. The summed E-state index contributed by atoms with van der Waals surface area (Å²) in [5.41, 5.74) is 1.62. The minimum atomic E-state index is -0.0806. The van der Waals surface area contributed by atoms with Crippen LogP contribution in [-0.2, 0) is 11.2 Å². The van der Waals surface area contributed by atoms with Gasteiger partial charge in [-0.15, -0.1) is 0 Å². The van der Waals surface area contributed by atoms with Crippen molar-refractivity contribution in [2.45, 2.75) is 20.3 Å². The third-order valence-corrected chi connectivity index (χ3v) is 3.26. The average molecular weight is 318 g/mol. The number of ether oxygens (including phenoxy) is 1. The number of rotatable bonds is 6. The molecule has 0 bridgehead atoms. The van der Waals surface area contributed by atoms with E-state index in [1.165, 1.54) is 0 Å². The van der Waals surface area contributed by atoms with Crippen LogP contribution in [0.4, 0.5) is 5.69 Å². The Labute approximate surface area is 136 Å². The highest BCUT2D eigenvalue weighted by molar-refractivity contribution is 6.30. The van der Waals surface area contributed by atoms with Crippen LogP contribution in [-0.4, -0.2) is 12.5 Å². The van der Waals surface area contributed by atoms with Gasteiger partial charge in [0.25, 0.3) is 0 Å². The van der Waals surface area contributed by atoms with Crippen molar-refractivity contribution < 1.29 is 9.53 Å². The molecule has 0 radical (unpaired) electrons. The summed E-state index contributed by atoms with van der Waals surface area (Å²) in [6, 6.07) is 14.7. The number of hydrogen-bond donors (Lipinski definition) is 1. The third-order valence-electron chi connectivity index (χ3n) is 3.01. The summed E-state index contributed by atoms with van der Waals surface area (Å²) in [4.78, 5) is 12.2. The maximum Gasteiger partial charge on any atom is 0.228 e. The van der Waals surface area contributed by atoms with Crippen LogP contribution in [0.2, 0.25) is 5.02 Å². The smallest absolute Gasteiger partial charge is 0.228 e. The molecule has 4 heteroatoms. The van der Waals surface area contributed by atoms with Crippen LogP contribution in [0.5, 0.6) is 5.75 Å². The normalized spacial score (nSPS) is 10.5. The van der Waals surface area contributed by atoms with Gasteiger partial charge in [0.1, 0.15) is 5.75 Å². The molecular weight excluding hydrogens is 298 g/mol. The lowest BCUT2D eigenvalue weighted by Gasteiger charge is -2.13. The van der Waals surface area contributed by atoms with E-state index < -0.39 is 0 Å². The first-order valence-electron chi connectivity index (χ1n) is 7.30. The molecule has 1 N–H and O–H groups in total. The van der Waals surface area contributed by atoms with Gasteiger partial charge in [-0.3, -0.25) is 4.79 Å². The van der Waals surface area contributed by atoms with E-state index in [1.54, 1.807) is 12.1 Å². The molecule has 22 heavy (non-hydrogen) atoms. The van der Waals surface area contributed by atoms with E-state index in [4.69, 9.17) is 16.3 Å². The largest absolute Gasteiger partial charge is 0.491 e. The fourth-order valence-corrected chi connectivity index (χ4v) is 2.06. The predicted molar refractivity (Wildman–Crippen MR) is 90.6 cm³/mol. The average Bonchev–Trinajstić information content (AvgIpc) is 2.48. The molecule has 0 aromatic heterocycles. The first-order valence-corrected chi connectivity index (χ1v) is 7.68. The van der Waals surface area contributed by atoms with Crippen LogP contribution in [0.3, 0.4) is 0 Å². The van der Waals surface area contributed by atoms with Gasteiger partial charge in [-0.1, -0.05) is 49.7 Å². The van der Waals surface area contributed by atoms with E-state index in [0.717, 1.165) is 5.56 Å². The zero-order valence-corrected chi connectivity index (χ0v) is 13.6. The van der Waals surface area contributed by atoms with E-state index in [9.17, 15) is 4.79 Å². The molecule has 3 nitrogen and oxygen atoms in total. The van der Waals surface area contributed by atoms with Crippen molar-refractivity contribution in [2.75, 3.05) is 11.9 Å². The molecule has 2 aromatic rings. The number of nitrogens with one attached hydrogen (secondary N) is 1. The number of benzene rings is 2. The summed E-state index contributed by atoms with van der Waals surface area (Å²) in [6.45, 7) is 4.79. The number of anilines is 1. The number of halogens is 1. The summed E-state index contributed by atoms with van der Waals surface area (Å²) in [5.74, 6) is 1.04. The molecule has 0 atom stereocenters. The molecule has 0 spiro atoms. The van der Waals surface area contributed by atoms with Crippen LogP contribution >= 0.6 is 11.6 Å². The van der Waals surface area contributed by atoms with Gasteiger partial charge < -0.3 is 10.1 Å². The van der Waals surface area contributed by atoms with Gasteiger partial charge >= 0.3 is 0 Å². The highest BCUT2D eigenvalue weighted by Crippen LogP contribution is 2.24. The zero-order valence-electron chi connectivity index (χ0n) is 12.8. The molecular formula is C18H20ClNO2. The summed E-state index contributed by atoms with van der Waals surface area (Å²) >= 11 is 5.84. The quantitative estimate of drug-likeness (QED) is 0.848. The summed E-state index contributed by atoms with van der Waals surface area (Å²) in [7, 11) is 0. The molecule has 0 heterocycles. The molecule has 116 valence electrons. The minimum absolute atomic E-state index is 0.0806. The number of amides is 1. The Morgan fingerprint density at radius 1 is 1.14 bits per heavy atom. The van der Waals surface area contributed by atoms with Gasteiger partial charge in [0.15, 0.2) is 0 Å². The fourth-order valence-electron chi connectivity index (χ4n) is 1.93. The van der Waals surface area contributed by atoms with Gasteiger partial charge in [-0.05, 0) is 35.7 Å². The van der Waals surface area contributed by atoms with Crippen LogP contribution in [0.1, 0.15) is 19.4 Å². The van der Waals surface area contributed by atoms with Crippen LogP contribution in [0.15, 0.2) is 48.5 Å². The topological polar surface area (TPSA) is 38.3 Å². The van der Waals surface area contributed by atoms with E-state index in [-0.39, 0.29) is 5.91 Å². The lowest BCUT2D eigenvalue weighted by molar-refractivity contribution is -0.115. The van der Waals surface area contributed by atoms with E-state index in [2.05, 4.69) is 19.2 Å². The summed E-state index contributed by atoms with van der Waals surface area (Å²) in [6.07, 6.45) is 0.301. The first-order chi connectivity index (χ1) is 10.5. The fraction of sp³-hybridized carbons (Fsp3) is 0.278. The van der Waals surface area contributed by atoms with Crippen LogP contribution in [0.25, 0.3) is 0 Å². The Bertz CT molecular complexity index is 623. The standard InChI is InChI=1S/C18H20ClNO2/c1-13(2)12-22-17-6-4-3-5-16(17)20-18(21)11-14-7-9-15(19)10-8-14/h3-10,13H,11-12H2,1-2H3,(H,20,21). The second-order valence-corrected chi connectivity index (χ2v) is 5.99. The molecule has 0 saturated carbocycles. The van der Waals surface area contributed by atoms with Crippen molar-refractivity contribution in [1.82, 2.24) is 0 Å². The summed E-state index contributed by atoms with van der Waals surface area (Å²) in [5, 5.41) is 3.56. The Kier molecular flexibility index (Phi) is 5.84. The molecule has 1 amide bonds. The number of hydrogen-bond acceptors (Lipinski definition) is 2. The lowest BCUT2D eigenvalue weighted by Crippen LogP contribution is -2.15. The van der Waals surface area contributed by atoms with Gasteiger partial charge in [-0.25, -0.2) is 0 Å². The zero-order chi connectivity index (χ0) is 15.9. The molecule has 2 rings (SSSR count). The molecule has 0 unspecified atom stereocenters. The van der Waals surface area contributed by atoms with Crippen molar-refractivity contribution >= 4 is 23.2 Å². The van der Waals surface area contributed by atoms with Gasteiger partial charge in [0, 0.05) is 5.02 Å². The maximum absolute atomic E-state index is 12.2. The summed E-state index contributed by atoms with van der Waals surface area (Å²) < 4.78 is 5.73. The van der Waals surface area contributed by atoms with Crippen molar-refractivity contribution in [1.29, 1.82) is 0 Å². The third kappa shape index (κ3) is 5.08. The van der Waals surface area contributed by atoms with E-state index in [0.29, 0.717) is 35.4 Å². The molecule has 0 saturated heterocycles. The molecule has 0 fully saturated rings. The second-order valence-electron chi connectivity index (χ2n) is 5.55. The molecule has 2 aromatic carbocycles. The second kappa shape index (κ2) is 7.85. The van der Waals surface area contributed by atoms with Crippen molar-refractivity contribution in [3.05, 3.63) is 59.1 Å². The van der Waals surface area contributed by atoms with E-state index in [1.807, 2.05) is 36.4 Å². The monoisotopic (exact) mass is 317 g/mol. The first kappa shape index (κ1) is 16.4. The van der Waals surface area contributed by atoms with Crippen molar-refractivity contribution in [3.8, 4) is 5.75 Å². The number of carbonyl (C=O) groups is 1. The van der Waals surface area contributed by atoms with Crippen molar-refractivity contribution in [3.63, 3.8) is 0 Å². The van der Waals surface area contributed by atoms with Crippen LogP contribution in [0, 0.1) is 5.92 Å². The van der Waals surface area contributed by atoms with Gasteiger partial charge in [0.2, 0.25) is 5.91 Å². The maximum atomic E-state index is 12.2. The highest BCUT2D eigenvalue weighted by Gasteiger charge is 2.09. The predicted octanol–water partition coefficient (Wildman–Crippen LogP) is 4.56. The van der Waals surface area contributed by atoms with Gasteiger partial charge in [-0.2, -0.15) is 0 Å². The Morgan fingerprint density at radius 2 is 1.82 bits per heavy atom. The number of para-hydroxylation sites is 2. The minimum Gasteiger partial charge on any atom is -0.491 e. The van der Waals surface area contributed by atoms with Crippen molar-refractivity contribution in [2.24, 2.45) is 5.92 Å². The highest BCUT2D eigenvalue weighted by atomic mass is 35.5. The number of carbonyl (C=O) groups excluding carboxylic acids is 1. The molecule has 0 aliphatic carbocycles. The Morgan fingerprint density at radius 3 is 2.50 bits per heavy atom. The van der Waals surface area contributed by atoms with Gasteiger partial charge in [0.05, 0.1) is 18.7 Å². The molecule has 0 aliphatic rings. The molecule has 0 aliphatic heterocycles.